The Bertz CT molecular complexity index is 784. The van der Waals surface area contributed by atoms with E-state index < -0.39 is 0 Å². The highest BCUT2D eigenvalue weighted by Gasteiger charge is 2.27. The second-order valence-corrected chi connectivity index (χ2v) is 6.38. The first-order valence-corrected chi connectivity index (χ1v) is 8.54. The van der Waals surface area contributed by atoms with Gasteiger partial charge in [0.05, 0.1) is 5.69 Å². The molecule has 0 saturated carbocycles. The van der Waals surface area contributed by atoms with Crippen LogP contribution in [0.3, 0.4) is 0 Å². The van der Waals surface area contributed by atoms with Crippen LogP contribution in [0.1, 0.15) is 24.8 Å². The minimum Gasteiger partial charge on any atom is -0.332 e. The molecule has 128 valence electrons. The maximum absolute atomic E-state index is 12.0. The van der Waals surface area contributed by atoms with Crippen molar-refractivity contribution in [2.75, 3.05) is 15.5 Å². The lowest BCUT2D eigenvalue weighted by molar-refractivity contribution is -0.129. The van der Waals surface area contributed by atoms with Crippen LogP contribution in [-0.2, 0) is 9.59 Å². The number of nitrogens with zero attached hydrogens (tertiary/aromatic N) is 1. The number of hydrogen-bond donors (Lipinski definition) is 2. The van der Waals surface area contributed by atoms with Crippen LogP contribution in [0.2, 0.25) is 0 Å². The quantitative estimate of drug-likeness (QED) is 0.648. The van der Waals surface area contributed by atoms with E-state index in [0.717, 1.165) is 11.4 Å². The fraction of sp³-hybridized carbons (Fsp3) is 0.211. The molecule has 0 atom stereocenters. The van der Waals surface area contributed by atoms with Gasteiger partial charge in [-0.1, -0.05) is 17.7 Å². The third kappa shape index (κ3) is 4.22. The molecule has 0 bridgehead atoms. The molecule has 1 fully saturated rings. The number of piperidine rings is 1. The average molecular weight is 353 g/mol. The standard InChI is InChI=1S/C19H19N3O2S/c1-13-5-7-14(8-6-13)20-19(25)21-15-9-11-16(12-10-15)22-17(23)3-2-4-18(22)24/h5-12H,2-4H2,1H3,(H2,20,21,25). The molecule has 2 aromatic carbocycles. The normalized spacial score (nSPS) is 14.4. The summed E-state index contributed by atoms with van der Waals surface area (Å²) in [5.41, 5.74) is 3.47. The van der Waals surface area contributed by atoms with E-state index in [0.29, 0.717) is 30.1 Å². The number of benzene rings is 2. The van der Waals surface area contributed by atoms with Crippen LogP contribution < -0.4 is 15.5 Å². The van der Waals surface area contributed by atoms with Crippen molar-refractivity contribution >= 4 is 46.2 Å². The van der Waals surface area contributed by atoms with Gasteiger partial charge in [-0.3, -0.25) is 14.5 Å². The third-order valence-electron chi connectivity index (χ3n) is 3.97. The molecule has 2 N–H and O–H groups in total. The molecule has 1 heterocycles. The summed E-state index contributed by atoms with van der Waals surface area (Å²) in [6.45, 7) is 2.03. The molecule has 6 heteroatoms. The Morgan fingerprint density at radius 3 is 1.88 bits per heavy atom. The number of carbonyl (C=O) groups is 2. The monoisotopic (exact) mass is 353 g/mol. The summed E-state index contributed by atoms with van der Waals surface area (Å²) in [6.07, 6.45) is 1.46. The molecule has 3 rings (SSSR count). The van der Waals surface area contributed by atoms with Gasteiger partial charge in [0.2, 0.25) is 11.8 Å². The minimum atomic E-state index is -0.145. The topological polar surface area (TPSA) is 61.4 Å². The molecule has 2 aromatic rings. The first-order valence-electron chi connectivity index (χ1n) is 8.13. The summed E-state index contributed by atoms with van der Waals surface area (Å²) in [4.78, 5) is 25.2. The molecule has 25 heavy (non-hydrogen) atoms. The highest BCUT2D eigenvalue weighted by atomic mass is 32.1. The number of anilines is 3. The Kier molecular flexibility index (Phi) is 5.09. The largest absolute Gasteiger partial charge is 0.332 e. The zero-order valence-electron chi connectivity index (χ0n) is 13.9. The van der Waals surface area contributed by atoms with Crippen molar-refractivity contribution < 1.29 is 9.59 Å². The predicted octanol–water partition coefficient (Wildman–Crippen LogP) is 3.85. The summed E-state index contributed by atoms with van der Waals surface area (Å²) in [6, 6.07) is 15.0. The number of aryl methyl sites for hydroxylation is 1. The lowest BCUT2D eigenvalue weighted by Crippen LogP contribution is -2.40. The second kappa shape index (κ2) is 7.44. The van der Waals surface area contributed by atoms with Gasteiger partial charge in [0, 0.05) is 24.2 Å². The van der Waals surface area contributed by atoms with Crippen LogP contribution in [0.25, 0.3) is 0 Å². The van der Waals surface area contributed by atoms with Gasteiger partial charge < -0.3 is 10.6 Å². The molecular weight excluding hydrogens is 334 g/mol. The zero-order chi connectivity index (χ0) is 17.8. The van der Waals surface area contributed by atoms with Crippen LogP contribution in [0.4, 0.5) is 17.1 Å². The molecule has 0 aromatic heterocycles. The van der Waals surface area contributed by atoms with Crippen molar-refractivity contribution in [2.24, 2.45) is 0 Å². The smallest absolute Gasteiger partial charge is 0.233 e. The van der Waals surface area contributed by atoms with Crippen molar-refractivity contribution in [2.45, 2.75) is 26.2 Å². The number of thiocarbonyl (C=S) groups is 1. The number of nitrogens with one attached hydrogen (secondary N) is 2. The van der Waals surface area contributed by atoms with Gasteiger partial charge in [-0.05, 0) is 62.0 Å². The van der Waals surface area contributed by atoms with Gasteiger partial charge in [0.25, 0.3) is 0 Å². The van der Waals surface area contributed by atoms with E-state index >= 15 is 0 Å². The summed E-state index contributed by atoms with van der Waals surface area (Å²) >= 11 is 5.31. The fourth-order valence-corrected chi connectivity index (χ4v) is 2.90. The first-order chi connectivity index (χ1) is 12.0. The maximum atomic E-state index is 12.0. The molecule has 1 aliphatic rings. The number of amides is 2. The van der Waals surface area contributed by atoms with Crippen molar-refractivity contribution in [3.05, 3.63) is 54.1 Å². The van der Waals surface area contributed by atoms with Crippen LogP contribution in [-0.4, -0.2) is 16.9 Å². The lowest BCUT2D eigenvalue weighted by Gasteiger charge is -2.25. The van der Waals surface area contributed by atoms with Gasteiger partial charge in [0.1, 0.15) is 0 Å². The van der Waals surface area contributed by atoms with E-state index in [1.165, 1.54) is 10.5 Å². The predicted molar refractivity (Wildman–Crippen MR) is 104 cm³/mol. The summed E-state index contributed by atoms with van der Waals surface area (Å²) in [5.74, 6) is -0.290. The van der Waals surface area contributed by atoms with Crippen LogP contribution in [0.15, 0.2) is 48.5 Å². The van der Waals surface area contributed by atoms with Crippen molar-refractivity contribution in [3.8, 4) is 0 Å². The summed E-state index contributed by atoms with van der Waals surface area (Å²) in [7, 11) is 0. The van der Waals surface area contributed by atoms with Crippen LogP contribution in [0, 0.1) is 6.92 Å². The molecular formula is C19H19N3O2S. The highest BCUT2D eigenvalue weighted by Crippen LogP contribution is 2.23. The number of hydrogen-bond acceptors (Lipinski definition) is 3. The van der Waals surface area contributed by atoms with E-state index in [-0.39, 0.29) is 11.8 Å². The van der Waals surface area contributed by atoms with E-state index in [9.17, 15) is 9.59 Å². The zero-order valence-corrected chi connectivity index (χ0v) is 14.7. The van der Waals surface area contributed by atoms with Crippen molar-refractivity contribution in [1.82, 2.24) is 0 Å². The Labute approximate surface area is 152 Å². The SMILES string of the molecule is Cc1ccc(NC(=S)Nc2ccc(N3C(=O)CCCC3=O)cc2)cc1. The molecule has 0 aliphatic carbocycles. The highest BCUT2D eigenvalue weighted by molar-refractivity contribution is 7.80. The van der Waals surface area contributed by atoms with Crippen molar-refractivity contribution in [1.29, 1.82) is 0 Å². The van der Waals surface area contributed by atoms with Gasteiger partial charge in [-0.2, -0.15) is 0 Å². The molecule has 0 unspecified atom stereocenters. The van der Waals surface area contributed by atoms with E-state index in [1.54, 1.807) is 24.3 Å². The van der Waals surface area contributed by atoms with Crippen LogP contribution in [0.5, 0.6) is 0 Å². The molecule has 5 nitrogen and oxygen atoms in total. The number of rotatable bonds is 3. The van der Waals surface area contributed by atoms with E-state index in [1.807, 2.05) is 31.2 Å². The Balaban J connectivity index is 1.64. The molecule has 2 amide bonds. The average Bonchev–Trinajstić information content (AvgIpc) is 2.58. The third-order valence-corrected chi connectivity index (χ3v) is 4.18. The number of imide groups is 1. The molecule has 1 saturated heterocycles. The van der Waals surface area contributed by atoms with Gasteiger partial charge in [0.15, 0.2) is 5.11 Å². The van der Waals surface area contributed by atoms with Crippen molar-refractivity contribution in [3.63, 3.8) is 0 Å². The van der Waals surface area contributed by atoms with Gasteiger partial charge >= 0.3 is 0 Å². The maximum Gasteiger partial charge on any atom is 0.233 e. The Morgan fingerprint density at radius 2 is 1.36 bits per heavy atom. The van der Waals surface area contributed by atoms with Gasteiger partial charge in [-0.25, -0.2) is 0 Å². The Hall–Kier alpha value is -2.73. The molecule has 1 aliphatic heterocycles. The molecule has 0 radical (unpaired) electrons. The minimum absolute atomic E-state index is 0.145. The fourth-order valence-electron chi connectivity index (χ4n) is 2.67. The van der Waals surface area contributed by atoms with Crippen LogP contribution >= 0.6 is 12.2 Å². The first kappa shape index (κ1) is 17.1. The molecule has 0 spiro atoms. The van der Waals surface area contributed by atoms with Gasteiger partial charge in [-0.15, -0.1) is 0 Å². The van der Waals surface area contributed by atoms with E-state index in [4.69, 9.17) is 12.2 Å². The Morgan fingerprint density at radius 1 is 0.880 bits per heavy atom. The summed E-state index contributed by atoms with van der Waals surface area (Å²) < 4.78 is 0. The summed E-state index contributed by atoms with van der Waals surface area (Å²) in [5, 5.41) is 6.67. The number of carbonyl (C=O) groups excluding carboxylic acids is 2. The lowest BCUT2D eigenvalue weighted by atomic mass is 10.1. The second-order valence-electron chi connectivity index (χ2n) is 5.97. The van der Waals surface area contributed by atoms with E-state index in [2.05, 4.69) is 10.6 Å².